The van der Waals surface area contributed by atoms with Gasteiger partial charge in [-0.2, -0.15) is 26.3 Å². The molecule has 1 saturated heterocycles. The molecule has 8 nitrogen and oxygen atoms in total. The van der Waals surface area contributed by atoms with Gasteiger partial charge in [-0.05, 0) is 90.3 Å². The normalized spacial score (nSPS) is 19.5. The van der Waals surface area contributed by atoms with Gasteiger partial charge in [-0.25, -0.2) is 8.78 Å². The third-order valence-corrected chi connectivity index (χ3v) is 10.2. The number of hydrogen-bond acceptors (Lipinski definition) is 6. The third-order valence-electron chi connectivity index (χ3n) is 10.2. The number of rotatable bonds is 7. The zero-order chi connectivity index (χ0) is 39.6. The van der Waals surface area contributed by atoms with Crippen LogP contribution in [0.2, 0.25) is 0 Å². The number of amides is 1. The summed E-state index contributed by atoms with van der Waals surface area (Å²) >= 11 is 0. The van der Waals surface area contributed by atoms with Gasteiger partial charge < -0.3 is 20.3 Å². The molecule has 0 spiro atoms. The molecule has 3 heterocycles. The van der Waals surface area contributed by atoms with Crippen molar-refractivity contribution in [3.8, 4) is 22.6 Å². The van der Waals surface area contributed by atoms with Crippen molar-refractivity contribution in [2.24, 2.45) is 0 Å². The maximum absolute atomic E-state index is 16.1. The number of aromatic nitrogens is 1. The van der Waals surface area contributed by atoms with E-state index in [2.05, 4.69) is 5.32 Å². The third kappa shape index (κ3) is 7.98. The summed E-state index contributed by atoms with van der Waals surface area (Å²) < 4.78 is 123. The highest BCUT2D eigenvalue weighted by Gasteiger charge is 2.40. The summed E-state index contributed by atoms with van der Waals surface area (Å²) in [5.41, 5.74) is -4.09. The zero-order valence-electron chi connectivity index (χ0n) is 29.1. The molecule has 292 valence electrons. The number of halogens is 8. The van der Waals surface area contributed by atoms with Crippen molar-refractivity contribution in [2.75, 3.05) is 19.6 Å². The Morgan fingerprint density at radius 2 is 1.64 bits per heavy atom. The molecule has 3 aromatic carbocycles. The van der Waals surface area contributed by atoms with Gasteiger partial charge in [0.05, 0.1) is 17.2 Å². The van der Waals surface area contributed by atoms with Gasteiger partial charge in [0.25, 0.3) is 5.56 Å². The van der Waals surface area contributed by atoms with Crippen molar-refractivity contribution in [3.05, 3.63) is 116 Å². The molecule has 3 aliphatic rings. The molecule has 4 bridgehead atoms. The fourth-order valence-corrected chi connectivity index (χ4v) is 7.40. The minimum absolute atomic E-state index is 0.00280. The Morgan fingerprint density at radius 3 is 2.27 bits per heavy atom. The highest BCUT2D eigenvalue weighted by Crippen LogP contribution is 2.48. The summed E-state index contributed by atoms with van der Waals surface area (Å²) in [6.45, 7) is 1.67. The average Bonchev–Trinajstić information content (AvgIpc) is 3.92. The number of hydrogen-bond donors (Lipinski definition) is 3. The predicted molar refractivity (Wildman–Crippen MR) is 183 cm³/mol. The molecule has 3 N–H and O–H groups in total. The number of ether oxygens (including phenoxy) is 1. The van der Waals surface area contributed by atoms with Crippen LogP contribution in [0.5, 0.6) is 11.5 Å². The van der Waals surface area contributed by atoms with E-state index in [4.69, 9.17) is 4.74 Å². The Morgan fingerprint density at radius 1 is 0.927 bits per heavy atom. The molecular formula is C39H35F8N3O5. The van der Waals surface area contributed by atoms with Gasteiger partial charge in [-0.3, -0.25) is 19.1 Å². The lowest BCUT2D eigenvalue weighted by Gasteiger charge is -2.34. The minimum atomic E-state index is -5.25. The number of aliphatic hydroxyl groups is 2. The van der Waals surface area contributed by atoms with Gasteiger partial charge in [-0.15, -0.1) is 0 Å². The van der Waals surface area contributed by atoms with Crippen LogP contribution >= 0.6 is 0 Å². The lowest BCUT2D eigenvalue weighted by molar-refractivity contribution is -0.140. The van der Waals surface area contributed by atoms with E-state index in [9.17, 15) is 50.5 Å². The second-order valence-electron chi connectivity index (χ2n) is 14.3. The Kier molecular flexibility index (Phi) is 10.0. The number of aryl methyl sites for hydroxylation is 1. The fourth-order valence-electron chi connectivity index (χ4n) is 7.40. The molecule has 1 amide bonds. The lowest BCUT2D eigenvalue weighted by atomic mass is 9.90. The number of carbonyl (C=O) groups excluding carboxylic acids is 1. The first kappa shape index (κ1) is 38.5. The van der Waals surface area contributed by atoms with Crippen LogP contribution in [0.25, 0.3) is 11.1 Å². The first-order valence-corrected chi connectivity index (χ1v) is 17.6. The highest BCUT2D eigenvalue weighted by molar-refractivity contribution is 5.85. The fraction of sp³-hybridized carbons (Fsp3) is 0.385. The van der Waals surface area contributed by atoms with Gasteiger partial charge in [0.1, 0.15) is 29.5 Å². The van der Waals surface area contributed by atoms with E-state index in [0.29, 0.717) is 17.7 Å². The van der Waals surface area contributed by atoms with Crippen molar-refractivity contribution < 1.29 is 54.9 Å². The second-order valence-corrected chi connectivity index (χ2v) is 14.3. The van der Waals surface area contributed by atoms with Crippen LogP contribution in [-0.2, 0) is 23.6 Å². The molecule has 2 fully saturated rings. The molecule has 1 aromatic heterocycles. The lowest BCUT2D eigenvalue weighted by Crippen LogP contribution is -2.49. The van der Waals surface area contributed by atoms with Crippen molar-refractivity contribution in [2.45, 2.75) is 75.4 Å². The van der Waals surface area contributed by atoms with Crippen LogP contribution in [0.1, 0.15) is 76.2 Å². The van der Waals surface area contributed by atoms with Gasteiger partial charge in [0.2, 0.25) is 5.91 Å². The number of fused-ring (bicyclic) bond motifs is 6. The van der Waals surface area contributed by atoms with E-state index in [1.54, 1.807) is 24.0 Å². The van der Waals surface area contributed by atoms with Crippen molar-refractivity contribution in [1.29, 1.82) is 0 Å². The van der Waals surface area contributed by atoms with Crippen molar-refractivity contribution >= 4 is 5.91 Å². The standard InChI is InChI=1S/C39H35F8N3O5/c1-19-9-23(20-5-6-20)13-31-34(19)24-11-27(35(41)29(12-24)39(45,46)47)30(15-33(52)53)48-37(54)36(21-3-2-4-26(10-21)55-31)50-16-22(7-8-49-17-25(40)18-49)28(14-32(50)51)38(42,43)44/h2-4,9-14,16,20,25,30,33,36,52-53H,5-8,15,17-18H2,1H3,(H,48,54). The zero-order valence-corrected chi connectivity index (χ0v) is 29.1. The van der Waals surface area contributed by atoms with Gasteiger partial charge in [-0.1, -0.05) is 18.2 Å². The molecule has 7 rings (SSSR count). The number of benzene rings is 3. The van der Waals surface area contributed by atoms with E-state index >= 15 is 4.39 Å². The number of nitrogens with one attached hydrogen (secondary N) is 1. The van der Waals surface area contributed by atoms with Crippen molar-refractivity contribution in [3.63, 3.8) is 0 Å². The molecule has 55 heavy (non-hydrogen) atoms. The van der Waals surface area contributed by atoms with Gasteiger partial charge >= 0.3 is 12.4 Å². The van der Waals surface area contributed by atoms with E-state index in [-0.39, 0.29) is 60.2 Å². The predicted octanol–water partition coefficient (Wildman–Crippen LogP) is 7.33. The molecule has 2 atom stereocenters. The Hall–Kier alpha value is -4.80. The summed E-state index contributed by atoms with van der Waals surface area (Å²) in [6, 6.07) is 7.41. The first-order chi connectivity index (χ1) is 25.9. The summed E-state index contributed by atoms with van der Waals surface area (Å²) in [7, 11) is 0. The maximum atomic E-state index is 16.1. The highest BCUT2D eigenvalue weighted by atomic mass is 19.4. The van der Waals surface area contributed by atoms with Crippen LogP contribution in [0.4, 0.5) is 35.1 Å². The molecule has 16 heteroatoms. The quantitative estimate of drug-likeness (QED) is 0.134. The second kappa shape index (κ2) is 14.4. The molecule has 4 aromatic rings. The molecule has 1 aliphatic carbocycles. The topological polar surface area (TPSA) is 104 Å². The number of aliphatic hydroxyl groups excluding tert-OH is 1. The number of likely N-dealkylation sites (tertiary alicyclic amines) is 1. The summed E-state index contributed by atoms with van der Waals surface area (Å²) in [5, 5.41) is 22.5. The van der Waals surface area contributed by atoms with Crippen LogP contribution in [0.15, 0.2) is 65.6 Å². The van der Waals surface area contributed by atoms with E-state index < -0.39 is 82.9 Å². The maximum Gasteiger partial charge on any atom is 0.419 e. The summed E-state index contributed by atoms with van der Waals surface area (Å²) in [4.78, 5) is 29.6. The van der Waals surface area contributed by atoms with Crippen LogP contribution in [-0.4, -0.2) is 57.7 Å². The number of carbonyl (C=O) groups is 1. The smallest absolute Gasteiger partial charge is 0.419 e. The molecule has 2 unspecified atom stereocenters. The van der Waals surface area contributed by atoms with Gasteiger partial charge in [0.15, 0.2) is 6.29 Å². The molecule has 2 aliphatic heterocycles. The summed E-state index contributed by atoms with van der Waals surface area (Å²) in [6.07, 6.45) is -12.3. The van der Waals surface area contributed by atoms with Gasteiger partial charge in [0, 0.05) is 49.4 Å². The minimum Gasteiger partial charge on any atom is -0.457 e. The van der Waals surface area contributed by atoms with E-state index in [1.807, 2.05) is 0 Å². The first-order valence-electron chi connectivity index (χ1n) is 17.6. The SMILES string of the molecule is Cc1cc(C2CC2)cc2c1-c1cc(c(F)c(C(F)(F)F)c1)C(CC(O)O)NC(=O)C(n1cc(CCN3CC(F)C3)c(C(F)(F)F)cc1=O)c1cccc(c1)O2. The molecule has 0 radical (unpaired) electrons. The van der Waals surface area contributed by atoms with Crippen LogP contribution < -0.4 is 15.6 Å². The molecule has 1 saturated carbocycles. The van der Waals surface area contributed by atoms with Crippen molar-refractivity contribution in [1.82, 2.24) is 14.8 Å². The van der Waals surface area contributed by atoms with E-state index in [0.717, 1.165) is 35.2 Å². The Labute approximate surface area is 309 Å². The number of alkyl halides is 7. The Bertz CT molecular complexity index is 2190. The average molecular weight is 778 g/mol. The van der Waals surface area contributed by atoms with Crippen LogP contribution in [0, 0.1) is 12.7 Å². The monoisotopic (exact) mass is 777 g/mol. The Balaban J connectivity index is 1.45. The summed E-state index contributed by atoms with van der Waals surface area (Å²) in [5.74, 6) is -2.68. The largest absolute Gasteiger partial charge is 0.457 e. The number of pyridine rings is 1. The number of nitrogens with zero attached hydrogens (tertiary/aromatic N) is 2. The van der Waals surface area contributed by atoms with E-state index in [1.165, 1.54) is 24.3 Å². The molecular weight excluding hydrogens is 742 g/mol. The van der Waals surface area contributed by atoms with Crippen LogP contribution in [0.3, 0.4) is 0 Å².